The summed E-state index contributed by atoms with van der Waals surface area (Å²) in [6.45, 7) is 0. The van der Waals surface area contributed by atoms with Crippen LogP contribution in [0.15, 0.2) is 30.6 Å². The molecule has 6 heteroatoms. The van der Waals surface area contributed by atoms with Crippen molar-refractivity contribution in [1.82, 2.24) is 15.3 Å². The van der Waals surface area contributed by atoms with Gasteiger partial charge in [0.05, 0.1) is 5.41 Å². The van der Waals surface area contributed by atoms with Gasteiger partial charge in [-0.05, 0) is 36.1 Å². The number of rotatable bonds is 1. The van der Waals surface area contributed by atoms with Gasteiger partial charge < -0.3 is 10.6 Å². The van der Waals surface area contributed by atoms with Gasteiger partial charge in [0, 0.05) is 25.0 Å². The first kappa shape index (κ1) is 12.9. The number of hydrogen-bond donors (Lipinski definition) is 2. The molecule has 0 saturated heterocycles. The summed E-state index contributed by atoms with van der Waals surface area (Å²) < 4.78 is 0. The molecule has 2 N–H and O–H groups in total. The van der Waals surface area contributed by atoms with Crippen LogP contribution in [0.3, 0.4) is 0 Å². The van der Waals surface area contributed by atoms with E-state index in [0.29, 0.717) is 24.4 Å². The molecule has 1 aliphatic heterocycles. The molecule has 3 heterocycles. The highest BCUT2D eigenvalue weighted by molar-refractivity contribution is 6.06. The van der Waals surface area contributed by atoms with Gasteiger partial charge >= 0.3 is 0 Å². The van der Waals surface area contributed by atoms with E-state index < -0.39 is 5.41 Å². The van der Waals surface area contributed by atoms with E-state index in [1.165, 1.54) is 0 Å². The molecule has 110 valence electrons. The zero-order valence-corrected chi connectivity index (χ0v) is 12.0. The lowest BCUT2D eigenvalue weighted by Crippen LogP contribution is -2.35. The summed E-state index contributed by atoms with van der Waals surface area (Å²) in [5.74, 6) is 0.389. The van der Waals surface area contributed by atoms with Gasteiger partial charge in [0.1, 0.15) is 11.5 Å². The molecule has 0 radical (unpaired) electrons. The smallest absolute Gasteiger partial charge is 0.269 e. The van der Waals surface area contributed by atoms with Gasteiger partial charge in [-0.3, -0.25) is 14.6 Å². The molecule has 22 heavy (non-hydrogen) atoms. The van der Waals surface area contributed by atoms with E-state index >= 15 is 0 Å². The van der Waals surface area contributed by atoms with E-state index in [4.69, 9.17) is 0 Å². The van der Waals surface area contributed by atoms with E-state index in [2.05, 4.69) is 20.6 Å². The van der Waals surface area contributed by atoms with Crippen molar-refractivity contribution in [1.29, 1.82) is 0 Å². The molecule has 2 aromatic heterocycles. The van der Waals surface area contributed by atoms with Gasteiger partial charge in [-0.15, -0.1) is 0 Å². The Bertz CT molecular complexity index is 818. The van der Waals surface area contributed by atoms with Crippen molar-refractivity contribution in [2.45, 2.75) is 18.3 Å². The minimum atomic E-state index is -0.616. The third-order valence-corrected chi connectivity index (χ3v) is 4.52. The van der Waals surface area contributed by atoms with E-state index in [0.717, 1.165) is 16.7 Å². The van der Waals surface area contributed by atoms with Crippen LogP contribution in [-0.4, -0.2) is 28.8 Å². The van der Waals surface area contributed by atoms with Crippen LogP contribution in [0.2, 0.25) is 0 Å². The first-order valence-electron chi connectivity index (χ1n) is 7.11. The lowest BCUT2D eigenvalue weighted by molar-refractivity contribution is -0.120. The average molecular weight is 294 g/mol. The lowest BCUT2D eigenvalue weighted by atomic mass is 9.79. The van der Waals surface area contributed by atoms with Crippen LogP contribution in [0, 0.1) is 0 Å². The van der Waals surface area contributed by atoms with E-state index in [-0.39, 0.29) is 11.8 Å². The third-order valence-electron chi connectivity index (χ3n) is 4.52. The van der Waals surface area contributed by atoms with E-state index in [9.17, 15) is 9.59 Å². The Balaban J connectivity index is 1.79. The highest BCUT2D eigenvalue weighted by Crippen LogP contribution is 2.46. The van der Waals surface area contributed by atoms with Crippen LogP contribution < -0.4 is 10.6 Å². The number of carbonyl (C=O) groups is 2. The number of carbonyl (C=O) groups excluding carboxylic acids is 2. The number of hydrogen-bond acceptors (Lipinski definition) is 4. The monoisotopic (exact) mass is 294 g/mol. The molecule has 1 aliphatic carbocycles. The number of nitrogens with zero attached hydrogens (tertiary/aromatic N) is 2. The van der Waals surface area contributed by atoms with Crippen LogP contribution in [0.1, 0.15) is 27.2 Å². The fraction of sp³-hybridized carbons (Fsp3) is 0.250. The minimum absolute atomic E-state index is 0.0288. The molecular formula is C16H14N4O2. The molecule has 1 unspecified atom stereocenters. The van der Waals surface area contributed by atoms with Crippen molar-refractivity contribution in [3.8, 4) is 0 Å². The molecule has 0 bridgehead atoms. The fourth-order valence-electron chi connectivity index (χ4n) is 3.41. The predicted molar refractivity (Wildman–Crippen MR) is 79.6 cm³/mol. The van der Waals surface area contributed by atoms with Crippen molar-refractivity contribution in [3.05, 3.63) is 53.0 Å². The second-order valence-electron chi connectivity index (χ2n) is 5.71. The summed E-state index contributed by atoms with van der Waals surface area (Å²) in [6.07, 6.45) is 4.54. The maximum Gasteiger partial charge on any atom is 0.269 e. The van der Waals surface area contributed by atoms with Crippen LogP contribution in [0.5, 0.6) is 0 Å². The highest BCUT2D eigenvalue weighted by Gasteiger charge is 2.51. The van der Waals surface area contributed by atoms with Gasteiger partial charge in [-0.1, -0.05) is 6.07 Å². The first-order valence-corrected chi connectivity index (χ1v) is 7.11. The number of aromatic nitrogens is 2. The van der Waals surface area contributed by atoms with Gasteiger partial charge in [-0.25, -0.2) is 4.98 Å². The van der Waals surface area contributed by atoms with Crippen molar-refractivity contribution in [3.63, 3.8) is 0 Å². The molecule has 2 aromatic rings. The Morgan fingerprint density at radius 2 is 2.14 bits per heavy atom. The molecular weight excluding hydrogens is 280 g/mol. The van der Waals surface area contributed by atoms with Gasteiger partial charge in [0.25, 0.3) is 5.91 Å². The molecule has 1 atom stereocenters. The molecule has 0 saturated carbocycles. The highest BCUT2D eigenvalue weighted by atomic mass is 16.2. The SMILES string of the molecule is CNC(=O)c1cc2c(cn1)CC1(C2)C(=O)Nc2ncccc21. The Kier molecular flexibility index (Phi) is 2.57. The Hall–Kier alpha value is -2.76. The zero-order valence-electron chi connectivity index (χ0n) is 12.0. The van der Waals surface area contributed by atoms with Crippen LogP contribution >= 0.6 is 0 Å². The molecule has 6 nitrogen and oxygen atoms in total. The zero-order chi connectivity index (χ0) is 15.3. The standard InChI is InChI=1S/C16H14N4O2/c1-17-14(21)12-5-9-6-16(7-10(9)8-19-12)11-3-2-4-18-13(11)20-15(16)22/h2-5,8H,6-7H2,1H3,(H,17,21)(H,18,20,22). The normalized spacial score (nSPS) is 21.4. The van der Waals surface area contributed by atoms with Crippen molar-refractivity contribution in [2.75, 3.05) is 12.4 Å². The molecule has 1 spiro atoms. The number of anilines is 1. The van der Waals surface area contributed by atoms with Crippen LogP contribution in [0.25, 0.3) is 0 Å². The second-order valence-corrected chi connectivity index (χ2v) is 5.71. The van der Waals surface area contributed by atoms with Gasteiger partial charge in [0.2, 0.25) is 5.91 Å². The van der Waals surface area contributed by atoms with E-state index in [1.807, 2.05) is 12.1 Å². The third kappa shape index (κ3) is 1.60. The van der Waals surface area contributed by atoms with Crippen molar-refractivity contribution in [2.24, 2.45) is 0 Å². The Labute approximate surface area is 127 Å². The number of nitrogens with one attached hydrogen (secondary N) is 2. The Morgan fingerprint density at radius 1 is 1.32 bits per heavy atom. The molecule has 2 amide bonds. The topological polar surface area (TPSA) is 84.0 Å². The summed E-state index contributed by atoms with van der Waals surface area (Å²) in [7, 11) is 1.57. The maximum atomic E-state index is 12.5. The summed E-state index contributed by atoms with van der Waals surface area (Å²) >= 11 is 0. The quantitative estimate of drug-likeness (QED) is 0.816. The molecule has 4 rings (SSSR count). The molecule has 2 aliphatic rings. The number of fused-ring (bicyclic) bond motifs is 3. The van der Waals surface area contributed by atoms with Gasteiger partial charge in [-0.2, -0.15) is 0 Å². The summed E-state index contributed by atoms with van der Waals surface area (Å²) in [5, 5.41) is 5.43. The fourth-order valence-corrected chi connectivity index (χ4v) is 3.41. The summed E-state index contributed by atoms with van der Waals surface area (Å²) in [4.78, 5) is 32.7. The largest absolute Gasteiger partial charge is 0.354 e. The number of amides is 2. The van der Waals surface area contributed by atoms with Crippen molar-refractivity contribution >= 4 is 17.6 Å². The maximum absolute atomic E-state index is 12.5. The van der Waals surface area contributed by atoms with Crippen molar-refractivity contribution < 1.29 is 9.59 Å². The second kappa shape index (κ2) is 4.37. The van der Waals surface area contributed by atoms with E-state index in [1.54, 1.807) is 25.5 Å². The molecule has 0 aromatic carbocycles. The summed E-state index contributed by atoms with van der Waals surface area (Å²) in [6, 6.07) is 5.57. The van der Waals surface area contributed by atoms with Gasteiger partial charge in [0.15, 0.2) is 0 Å². The predicted octanol–water partition coefficient (Wildman–Crippen LogP) is 0.825. The molecule has 0 fully saturated rings. The first-order chi connectivity index (χ1) is 10.6. The number of pyridine rings is 2. The lowest BCUT2D eigenvalue weighted by Gasteiger charge is -2.20. The van der Waals surface area contributed by atoms with Crippen LogP contribution in [-0.2, 0) is 23.1 Å². The summed E-state index contributed by atoms with van der Waals surface area (Å²) in [5.41, 5.74) is 2.70. The Morgan fingerprint density at radius 3 is 2.95 bits per heavy atom. The minimum Gasteiger partial charge on any atom is -0.354 e. The average Bonchev–Trinajstić information content (AvgIpc) is 3.05. The van der Waals surface area contributed by atoms with Crippen LogP contribution in [0.4, 0.5) is 5.82 Å².